The van der Waals surface area contributed by atoms with Gasteiger partial charge in [0.2, 0.25) is 0 Å². The SMILES string of the molecule is CCNc1ccc(C(=O)N2CCN(C)C(CC)C2)nc1. The largest absolute Gasteiger partial charge is 0.384 e. The molecule has 2 rings (SSSR count). The van der Waals surface area contributed by atoms with Crippen molar-refractivity contribution in [2.24, 2.45) is 0 Å². The lowest BCUT2D eigenvalue weighted by atomic mass is 10.1. The lowest BCUT2D eigenvalue weighted by Crippen LogP contribution is -2.53. The summed E-state index contributed by atoms with van der Waals surface area (Å²) >= 11 is 0. The zero-order chi connectivity index (χ0) is 14.5. The maximum absolute atomic E-state index is 12.5. The highest BCUT2D eigenvalue weighted by Crippen LogP contribution is 2.14. The molecule has 2 heterocycles. The fourth-order valence-corrected chi connectivity index (χ4v) is 2.56. The number of nitrogens with one attached hydrogen (secondary N) is 1. The van der Waals surface area contributed by atoms with Gasteiger partial charge in [-0.15, -0.1) is 0 Å². The summed E-state index contributed by atoms with van der Waals surface area (Å²) in [6.07, 6.45) is 2.79. The van der Waals surface area contributed by atoms with Gasteiger partial charge in [0, 0.05) is 32.2 Å². The third-order valence-corrected chi connectivity index (χ3v) is 3.90. The van der Waals surface area contributed by atoms with Crippen LogP contribution in [0, 0.1) is 0 Å². The summed E-state index contributed by atoms with van der Waals surface area (Å²) in [7, 11) is 2.12. The molecule has 1 N–H and O–H groups in total. The smallest absolute Gasteiger partial charge is 0.272 e. The molecule has 1 saturated heterocycles. The number of hydrogen-bond donors (Lipinski definition) is 1. The van der Waals surface area contributed by atoms with Crippen LogP contribution >= 0.6 is 0 Å². The molecule has 1 fully saturated rings. The molecule has 1 unspecified atom stereocenters. The molecule has 0 spiro atoms. The molecule has 0 aromatic carbocycles. The van der Waals surface area contributed by atoms with Gasteiger partial charge in [-0.25, -0.2) is 4.98 Å². The molecule has 20 heavy (non-hydrogen) atoms. The van der Waals surface area contributed by atoms with Gasteiger partial charge in [0.1, 0.15) is 5.69 Å². The topological polar surface area (TPSA) is 48.5 Å². The second-order valence-corrected chi connectivity index (χ2v) is 5.26. The Bertz CT molecular complexity index is 446. The molecule has 1 aromatic heterocycles. The predicted molar refractivity (Wildman–Crippen MR) is 81.0 cm³/mol. The number of hydrogen-bond acceptors (Lipinski definition) is 4. The van der Waals surface area contributed by atoms with Crippen LogP contribution in [0.3, 0.4) is 0 Å². The van der Waals surface area contributed by atoms with E-state index < -0.39 is 0 Å². The van der Waals surface area contributed by atoms with Crippen molar-refractivity contribution in [1.29, 1.82) is 0 Å². The van der Waals surface area contributed by atoms with E-state index in [-0.39, 0.29) is 5.91 Å². The Balaban J connectivity index is 2.03. The van der Waals surface area contributed by atoms with Crippen molar-refractivity contribution in [2.45, 2.75) is 26.3 Å². The zero-order valence-corrected chi connectivity index (χ0v) is 12.6. The van der Waals surface area contributed by atoms with Gasteiger partial charge in [-0.2, -0.15) is 0 Å². The van der Waals surface area contributed by atoms with Crippen molar-refractivity contribution in [3.05, 3.63) is 24.0 Å². The summed E-state index contributed by atoms with van der Waals surface area (Å²) in [5.74, 6) is 0.0413. The second-order valence-electron chi connectivity index (χ2n) is 5.26. The summed E-state index contributed by atoms with van der Waals surface area (Å²) < 4.78 is 0. The van der Waals surface area contributed by atoms with Gasteiger partial charge in [-0.1, -0.05) is 6.92 Å². The van der Waals surface area contributed by atoms with Gasteiger partial charge in [-0.3, -0.25) is 9.69 Å². The van der Waals surface area contributed by atoms with Crippen LogP contribution in [0.4, 0.5) is 5.69 Å². The van der Waals surface area contributed by atoms with Crippen LogP contribution in [-0.4, -0.2) is 60.0 Å². The molecular formula is C15H24N4O. The lowest BCUT2D eigenvalue weighted by molar-refractivity contribution is 0.0536. The third kappa shape index (κ3) is 3.28. The van der Waals surface area contributed by atoms with Gasteiger partial charge in [0.25, 0.3) is 5.91 Å². The molecule has 1 aliphatic rings. The Morgan fingerprint density at radius 1 is 1.40 bits per heavy atom. The first-order valence-corrected chi connectivity index (χ1v) is 7.35. The van der Waals surface area contributed by atoms with E-state index in [1.807, 2.05) is 17.9 Å². The summed E-state index contributed by atoms with van der Waals surface area (Å²) in [6, 6.07) is 4.17. The highest BCUT2D eigenvalue weighted by molar-refractivity contribution is 5.92. The van der Waals surface area contributed by atoms with E-state index in [1.165, 1.54) is 0 Å². The van der Waals surface area contributed by atoms with Gasteiger partial charge >= 0.3 is 0 Å². The molecule has 0 radical (unpaired) electrons. The van der Waals surface area contributed by atoms with Crippen LogP contribution < -0.4 is 5.32 Å². The Morgan fingerprint density at radius 3 is 2.80 bits per heavy atom. The minimum atomic E-state index is 0.0413. The quantitative estimate of drug-likeness (QED) is 0.909. The number of piperazine rings is 1. The number of carbonyl (C=O) groups excluding carboxylic acids is 1. The Labute approximate surface area is 121 Å². The van der Waals surface area contributed by atoms with Crippen LogP contribution in [0.15, 0.2) is 18.3 Å². The fraction of sp³-hybridized carbons (Fsp3) is 0.600. The monoisotopic (exact) mass is 276 g/mol. The van der Waals surface area contributed by atoms with E-state index in [0.29, 0.717) is 11.7 Å². The average molecular weight is 276 g/mol. The van der Waals surface area contributed by atoms with Gasteiger partial charge in [-0.05, 0) is 32.5 Å². The molecular weight excluding hydrogens is 252 g/mol. The zero-order valence-electron chi connectivity index (χ0n) is 12.6. The van der Waals surface area contributed by atoms with Crippen molar-refractivity contribution in [3.63, 3.8) is 0 Å². The van der Waals surface area contributed by atoms with Crippen LogP contribution in [0.5, 0.6) is 0 Å². The minimum Gasteiger partial charge on any atom is -0.384 e. The molecule has 5 nitrogen and oxygen atoms in total. The number of amides is 1. The number of aromatic nitrogens is 1. The first-order chi connectivity index (χ1) is 9.65. The summed E-state index contributed by atoms with van der Waals surface area (Å²) in [6.45, 7) is 7.56. The summed E-state index contributed by atoms with van der Waals surface area (Å²) in [4.78, 5) is 21.0. The summed E-state index contributed by atoms with van der Waals surface area (Å²) in [5.41, 5.74) is 1.49. The molecule has 1 aliphatic heterocycles. The molecule has 5 heteroatoms. The second kappa shape index (κ2) is 6.70. The van der Waals surface area contributed by atoms with Crippen LogP contribution in [-0.2, 0) is 0 Å². The number of nitrogens with zero attached hydrogens (tertiary/aromatic N) is 3. The van der Waals surface area contributed by atoms with Crippen molar-refractivity contribution >= 4 is 11.6 Å². The Morgan fingerprint density at radius 2 is 2.20 bits per heavy atom. The lowest BCUT2D eigenvalue weighted by Gasteiger charge is -2.38. The average Bonchev–Trinajstić information content (AvgIpc) is 2.48. The van der Waals surface area contributed by atoms with E-state index >= 15 is 0 Å². The molecule has 0 saturated carbocycles. The number of rotatable bonds is 4. The Hall–Kier alpha value is -1.62. The number of anilines is 1. The normalized spacial score (nSPS) is 19.9. The molecule has 0 aliphatic carbocycles. The predicted octanol–water partition coefficient (Wildman–Crippen LogP) is 1.68. The van der Waals surface area contributed by atoms with E-state index in [1.54, 1.807) is 12.3 Å². The van der Waals surface area contributed by atoms with Crippen molar-refractivity contribution in [2.75, 3.05) is 38.5 Å². The van der Waals surface area contributed by atoms with Crippen molar-refractivity contribution in [1.82, 2.24) is 14.8 Å². The Kier molecular flexibility index (Phi) is 4.95. The molecule has 110 valence electrons. The minimum absolute atomic E-state index is 0.0413. The molecule has 1 amide bonds. The van der Waals surface area contributed by atoms with Gasteiger partial charge < -0.3 is 10.2 Å². The molecule has 1 aromatic rings. The van der Waals surface area contributed by atoms with E-state index in [0.717, 1.165) is 38.3 Å². The van der Waals surface area contributed by atoms with Crippen molar-refractivity contribution in [3.8, 4) is 0 Å². The summed E-state index contributed by atoms with van der Waals surface area (Å²) in [5, 5.41) is 3.18. The van der Waals surface area contributed by atoms with Crippen LogP contribution in [0.1, 0.15) is 30.8 Å². The van der Waals surface area contributed by atoms with Crippen LogP contribution in [0.25, 0.3) is 0 Å². The number of carbonyl (C=O) groups is 1. The van der Waals surface area contributed by atoms with E-state index in [9.17, 15) is 4.79 Å². The maximum atomic E-state index is 12.5. The van der Waals surface area contributed by atoms with E-state index in [2.05, 4.69) is 29.2 Å². The number of likely N-dealkylation sites (N-methyl/N-ethyl adjacent to an activating group) is 1. The first-order valence-electron chi connectivity index (χ1n) is 7.35. The fourth-order valence-electron chi connectivity index (χ4n) is 2.56. The standard InChI is InChI=1S/C15H24N4O/c1-4-13-11-19(9-8-18(13)3)15(20)14-7-6-12(10-17-14)16-5-2/h6-7,10,13,16H,4-5,8-9,11H2,1-3H3. The maximum Gasteiger partial charge on any atom is 0.272 e. The van der Waals surface area contributed by atoms with Gasteiger partial charge in [0.15, 0.2) is 0 Å². The molecule has 0 bridgehead atoms. The number of pyridine rings is 1. The first kappa shape index (κ1) is 14.8. The highest BCUT2D eigenvalue weighted by atomic mass is 16.2. The molecule has 1 atom stereocenters. The van der Waals surface area contributed by atoms with Gasteiger partial charge in [0.05, 0.1) is 11.9 Å². The highest BCUT2D eigenvalue weighted by Gasteiger charge is 2.27. The van der Waals surface area contributed by atoms with Crippen LogP contribution in [0.2, 0.25) is 0 Å². The van der Waals surface area contributed by atoms with E-state index in [4.69, 9.17) is 0 Å². The van der Waals surface area contributed by atoms with Crippen molar-refractivity contribution < 1.29 is 4.79 Å². The third-order valence-electron chi connectivity index (χ3n) is 3.90.